The first-order valence-corrected chi connectivity index (χ1v) is 15.6. The van der Waals surface area contributed by atoms with E-state index in [2.05, 4.69) is 34.6 Å². The lowest BCUT2D eigenvalue weighted by Crippen LogP contribution is -2.15. The van der Waals surface area contributed by atoms with Crippen molar-refractivity contribution in [2.24, 2.45) is 17.8 Å². The minimum atomic E-state index is 0.856. The molecule has 0 rings (SSSR count). The van der Waals surface area contributed by atoms with Gasteiger partial charge in [-0.15, -0.1) is 0 Å². The summed E-state index contributed by atoms with van der Waals surface area (Å²) in [7, 11) is 0. The summed E-state index contributed by atoms with van der Waals surface area (Å²) in [4.78, 5) is 0. The highest BCUT2D eigenvalue weighted by Crippen LogP contribution is 2.26. The molecule has 0 atom stereocenters. The maximum atomic E-state index is 2.41. The fourth-order valence-corrected chi connectivity index (χ4v) is 5.60. The molecule has 0 amide bonds. The fourth-order valence-electron chi connectivity index (χ4n) is 5.60. The predicted octanol–water partition coefficient (Wildman–Crippen LogP) is 12.3. The Morgan fingerprint density at radius 3 is 0.750 bits per heavy atom. The quantitative estimate of drug-likeness (QED) is 0.115. The van der Waals surface area contributed by atoms with Crippen LogP contribution in [-0.2, 0) is 0 Å². The molecule has 0 nitrogen and oxygen atoms in total. The normalized spacial score (nSPS) is 12.0. The van der Waals surface area contributed by atoms with Gasteiger partial charge in [0.2, 0.25) is 0 Å². The zero-order chi connectivity index (χ0) is 23.7. The molecule has 0 heteroatoms. The molecule has 0 unspecified atom stereocenters. The van der Waals surface area contributed by atoms with Crippen LogP contribution in [0, 0.1) is 17.8 Å². The molecule has 0 bridgehead atoms. The van der Waals surface area contributed by atoms with E-state index in [1.807, 2.05) is 0 Å². The predicted molar refractivity (Wildman–Crippen MR) is 150 cm³/mol. The van der Waals surface area contributed by atoms with Gasteiger partial charge in [-0.25, -0.2) is 0 Å². The van der Waals surface area contributed by atoms with E-state index in [0.717, 1.165) is 17.8 Å². The summed E-state index contributed by atoms with van der Waals surface area (Å²) in [6, 6.07) is 0. The topological polar surface area (TPSA) is 0 Å². The van der Waals surface area contributed by atoms with E-state index in [-0.39, 0.29) is 0 Å². The van der Waals surface area contributed by atoms with Gasteiger partial charge >= 0.3 is 0 Å². The third-order valence-electron chi connectivity index (χ3n) is 7.85. The van der Waals surface area contributed by atoms with E-state index < -0.39 is 0 Å². The van der Waals surface area contributed by atoms with Gasteiger partial charge in [-0.05, 0) is 24.2 Å². The molecule has 0 fully saturated rings. The molecule has 0 aliphatic carbocycles. The Kier molecular flexibility index (Phi) is 25.6. The number of hydrogen-bond donors (Lipinski definition) is 0. The van der Waals surface area contributed by atoms with Crippen LogP contribution in [0.15, 0.2) is 0 Å². The molecule has 0 aromatic heterocycles. The highest BCUT2D eigenvalue weighted by Gasteiger charge is 2.16. The van der Waals surface area contributed by atoms with Crippen molar-refractivity contribution >= 4 is 0 Å². The molecule has 0 radical (unpaired) electrons. The van der Waals surface area contributed by atoms with E-state index in [1.54, 1.807) is 0 Å². The lowest BCUT2D eigenvalue weighted by atomic mass is 9.81. The first-order valence-electron chi connectivity index (χ1n) is 15.6. The van der Waals surface area contributed by atoms with Crippen molar-refractivity contribution in [3.63, 3.8) is 0 Å². The molecular weight excluding hydrogens is 384 g/mol. The minimum Gasteiger partial charge on any atom is -0.0654 e. The second-order valence-electron chi connectivity index (χ2n) is 11.7. The van der Waals surface area contributed by atoms with Gasteiger partial charge in [-0.1, -0.05) is 182 Å². The van der Waals surface area contributed by atoms with Gasteiger partial charge in [0.05, 0.1) is 0 Å². The molecule has 194 valence electrons. The smallest absolute Gasteiger partial charge is 0.0368 e. The van der Waals surface area contributed by atoms with Crippen LogP contribution in [0.1, 0.15) is 189 Å². The van der Waals surface area contributed by atoms with E-state index >= 15 is 0 Å². The Labute approximate surface area is 206 Å². The summed E-state index contributed by atoms with van der Waals surface area (Å²) in [6.07, 6.45) is 35.4. The molecule has 0 aromatic rings. The summed E-state index contributed by atoms with van der Waals surface area (Å²) in [5, 5.41) is 0. The van der Waals surface area contributed by atoms with Crippen molar-refractivity contribution in [2.45, 2.75) is 189 Å². The van der Waals surface area contributed by atoms with Crippen LogP contribution in [-0.4, -0.2) is 0 Å². The molecule has 0 aliphatic rings. The summed E-state index contributed by atoms with van der Waals surface area (Å²) < 4.78 is 0. The Balaban J connectivity index is 3.14. The molecule has 0 aromatic carbocycles. The maximum absolute atomic E-state index is 2.41. The molecular formula is C32H66. The van der Waals surface area contributed by atoms with Crippen molar-refractivity contribution in [1.29, 1.82) is 0 Å². The highest BCUT2D eigenvalue weighted by atomic mass is 14.2. The van der Waals surface area contributed by atoms with Crippen LogP contribution >= 0.6 is 0 Å². The highest BCUT2D eigenvalue weighted by molar-refractivity contribution is 4.66. The summed E-state index contributed by atoms with van der Waals surface area (Å²) in [5.74, 6) is 2.65. The van der Waals surface area contributed by atoms with Crippen LogP contribution in [0.4, 0.5) is 0 Å². The molecule has 0 saturated carbocycles. The maximum Gasteiger partial charge on any atom is -0.0368 e. The van der Waals surface area contributed by atoms with E-state index in [0.29, 0.717) is 0 Å². The first kappa shape index (κ1) is 32.0. The fraction of sp³-hybridized carbons (Fsp3) is 1.00. The van der Waals surface area contributed by atoms with Gasteiger partial charge in [0.1, 0.15) is 0 Å². The summed E-state index contributed by atoms with van der Waals surface area (Å²) >= 11 is 0. The third kappa shape index (κ3) is 23.2. The molecule has 0 spiro atoms. The molecule has 0 heterocycles. The lowest BCUT2D eigenvalue weighted by molar-refractivity contribution is 0.261. The van der Waals surface area contributed by atoms with Gasteiger partial charge in [-0.2, -0.15) is 0 Å². The SMILES string of the molecule is CCCCCCCCCCCCCCCCCCCCCCCCCC(C(C)C)C(C)C. The first-order chi connectivity index (χ1) is 15.6. The van der Waals surface area contributed by atoms with Crippen molar-refractivity contribution in [1.82, 2.24) is 0 Å². The van der Waals surface area contributed by atoms with E-state index in [1.165, 1.54) is 154 Å². The standard InChI is InChI=1S/C32H66/c1-6-7-8-9-10-11-12-13-14-15-16-17-18-19-20-21-22-23-24-25-26-27-28-29-32(30(2)3)31(4)5/h30-32H,6-29H2,1-5H3. The van der Waals surface area contributed by atoms with Crippen LogP contribution in [0.2, 0.25) is 0 Å². The zero-order valence-corrected chi connectivity index (χ0v) is 23.7. The second kappa shape index (κ2) is 25.6. The Bertz CT molecular complexity index is 321. The summed E-state index contributed by atoms with van der Waals surface area (Å²) in [6.45, 7) is 11.9. The van der Waals surface area contributed by atoms with E-state index in [9.17, 15) is 0 Å². The Morgan fingerprint density at radius 2 is 0.531 bits per heavy atom. The third-order valence-corrected chi connectivity index (χ3v) is 7.85. The zero-order valence-electron chi connectivity index (χ0n) is 23.7. The average Bonchev–Trinajstić information content (AvgIpc) is 2.76. The summed E-state index contributed by atoms with van der Waals surface area (Å²) in [5.41, 5.74) is 0. The van der Waals surface area contributed by atoms with Gasteiger partial charge in [0.15, 0.2) is 0 Å². The second-order valence-corrected chi connectivity index (χ2v) is 11.7. The van der Waals surface area contributed by atoms with Crippen molar-refractivity contribution in [2.75, 3.05) is 0 Å². The van der Waals surface area contributed by atoms with Gasteiger partial charge < -0.3 is 0 Å². The largest absolute Gasteiger partial charge is 0.0654 e. The van der Waals surface area contributed by atoms with Crippen molar-refractivity contribution < 1.29 is 0 Å². The average molecular weight is 451 g/mol. The van der Waals surface area contributed by atoms with Crippen LogP contribution in [0.25, 0.3) is 0 Å². The van der Waals surface area contributed by atoms with Crippen LogP contribution < -0.4 is 0 Å². The van der Waals surface area contributed by atoms with E-state index in [4.69, 9.17) is 0 Å². The van der Waals surface area contributed by atoms with Crippen LogP contribution in [0.3, 0.4) is 0 Å². The number of hydrogen-bond acceptors (Lipinski definition) is 0. The minimum absolute atomic E-state index is 0.856. The van der Waals surface area contributed by atoms with Gasteiger partial charge in [0.25, 0.3) is 0 Å². The molecule has 0 N–H and O–H groups in total. The van der Waals surface area contributed by atoms with Crippen molar-refractivity contribution in [3.8, 4) is 0 Å². The Hall–Kier alpha value is 0. The van der Waals surface area contributed by atoms with Gasteiger partial charge in [-0.3, -0.25) is 0 Å². The van der Waals surface area contributed by atoms with Crippen LogP contribution in [0.5, 0.6) is 0 Å². The Morgan fingerprint density at radius 1 is 0.312 bits per heavy atom. The molecule has 32 heavy (non-hydrogen) atoms. The molecule has 0 aliphatic heterocycles. The number of unbranched alkanes of at least 4 members (excludes halogenated alkanes) is 22. The lowest BCUT2D eigenvalue weighted by Gasteiger charge is -2.24. The monoisotopic (exact) mass is 451 g/mol. The molecule has 0 saturated heterocycles. The van der Waals surface area contributed by atoms with Gasteiger partial charge in [0, 0.05) is 0 Å². The number of rotatable bonds is 26. The van der Waals surface area contributed by atoms with Crippen molar-refractivity contribution in [3.05, 3.63) is 0 Å².